The van der Waals surface area contributed by atoms with Crippen molar-refractivity contribution in [3.05, 3.63) is 158 Å². The topological polar surface area (TPSA) is 163 Å². The molecule has 15 heteroatoms. The molecule has 2 amide bonds. The van der Waals surface area contributed by atoms with Crippen LogP contribution in [0.2, 0.25) is 10.0 Å². The van der Waals surface area contributed by atoms with Gasteiger partial charge in [0.25, 0.3) is 12.4 Å². The molecule has 0 bridgehead atoms. The van der Waals surface area contributed by atoms with E-state index in [0.717, 1.165) is 44.8 Å². The summed E-state index contributed by atoms with van der Waals surface area (Å²) < 4.78 is 30.5. The number of aryl methyl sites for hydroxylation is 3. The van der Waals surface area contributed by atoms with Gasteiger partial charge in [-0.1, -0.05) is 53.5 Å². The van der Waals surface area contributed by atoms with Crippen molar-refractivity contribution in [2.24, 2.45) is 0 Å². The van der Waals surface area contributed by atoms with E-state index in [2.05, 4.69) is 15.3 Å². The van der Waals surface area contributed by atoms with Crippen molar-refractivity contribution in [2.45, 2.75) is 65.8 Å². The maximum Gasteiger partial charge on any atom is 0.292 e. The number of aromatic nitrogens is 2. The quantitative estimate of drug-likeness (QED) is 0.119. The fraction of sp³-hybridized carbons (Fsp3) is 0.255. The normalized spacial score (nSPS) is 15.1. The lowest BCUT2D eigenvalue weighted by atomic mass is 9.92. The van der Waals surface area contributed by atoms with Crippen molar-refractivity contribution in [1.29, 1.82) is 0 Å². The van der Waals surface area contributed by atoms with E-state index in [-0.39, 0.29) is 37.2 Å². The van der Waals surface area contributed by atoms with Crippen LogP contribution < -0.4 is 24.3 Å². The van der Waals surface area contributed by atoms with E-state index in [4.69, 9.17) is 56.5 Å². The predicted octanol–water partition coefficient (Wildman–Crippen LogP) is 9.12. The van der Waals surface area contributed by atoms with Crippen LogP contribution in [0, 0.1) is 27.7 Å². The van der Waals surface area contributed by atoms with Crippen LogP contribution in [0.15, 0.2) is 95.5 Å². The number of pyridine rings is 1. The molecular formula is C47H44Cl2N4O9. The Bertz CT molecular complexity index is 2580. The maximum absolute atomic E-state index is 14.1. The van der Waals surface area contributed by atoms with E-state index in [9.17, 15) is 9.59 Å². The van der Waals surface area contributed by atoms with Crippen molar-refractivity contribution < 1.29 is 42.9 Å². The molecule has 6 aromatic rings. The fourth-order valence-corrected chi connectivity index (χ4v) is 7.55. The monoisotopic (exact) mass is 878 g/mol. The number of carbonyl (C=O) groups is 3. The van der Waals surface area contributed by atoms with Crippen LogP contribution in [0.4, 0.5) is 0 Å². The van der Waals surface area contributed by atoms with Crippen LogP contribution in [0.25, 0.3) is 0 Å². The number of hydrogen-bond acceptors (Lipinski definition) is 10. The highest BCUT2D eigenvalue weighted by atomic mass is 35.5. The molecule has 4 aromatic carbocycles. The third-order valence-electron chi connectivity index (χ3n) is 10.6. The number of nitrogens with one attached hydrogen (secondary N) is 1. The molecule has 2 unspecified atom stereocenters. The van der Waals surface area contributed by atoms with Gasteiger partial charge in [-0.05, 0) is 110 Å². The smallest absolute Gasteiger partial charge is 0.292 e. The third kappa shape index (κ3) is 10.1. The van der Waals surface area contributed by atoms with E-state index in [1.807, 2.05) is 86.6 Å². The Morgan fingerprint density at radius 1 is 0.887 bits per heavy atom. The Labute approximate surface area is 368 Å². The average molecular weight is 880 g/mol. The molecule has 0 aliphatic carbocycles. The molecule has 0 saturated heterocycles. The second kappa shape index (κ2) is 19.4. The summed E-state index contributed by atoms with van der Waals surface area (Å²) >= 11 is 12.2. The second-order valence-electron chi connectivity index (χ2n) is 14.8. The molecule has 0 saturated carbocycles. The molecule has 62 heavy (non-hydrogen) atoms. The van der Waals surface area contributed by atoms with Gasteiger partial charge in [0.2, 0.25) is 11.7 Å². The molecule has 0 fully saturated rings. The van der Waals surface area contributed by atoms with Gasteiger partial charge < -0.3 is 38.7 Å². The minimum atomic E-state index is -0.796. The number of nitrogens with zero attached hydrogens (tertiary/aromatic N) is 3. The zero-order chi connectivity index (χ0) is 43.9. The van der Waals surface area contributed by atoms with E-state index in [1.165, 1.54) is 0 Å². The van der Waals surface area contributed by atoms with Gasteiger partial charge in [-0.15, -0.1) is 0 Å². The summed E-state index contributed by atoms with van der Waals surface area (Å²) in [4.78, 5) is 46.6. The van der Waals surface area contributed by atoms with Gasteiger partial charge in [0.05, 0.1) is 15.7 Å². The molecule has 8 rings (SSSR count). The molecule has 2 N–H and O–H groups in total. The first-order valence-electron chi connectivity index (χ1n) is 19.8. The first-order valence-corrected chi connectivity index (χ1v) is 20.6. The number of carbonyl (C=O) groups excluding carboxylic acids is 2. The van der Waals surface area contributed by atoms with Gasteiger partial charge in [-0.3, -0.25) is 19.4 Å². The van der Waals surface area contributed by atoms with Crippen molar-refractivity contribution in [3.63, 3.8) is 0 Å². The number of ether oxygens (including phenoxy) is 4. The predicted molar refractivity (Wildman–Crippen MR) is 232 cm³/mol. The Morgan fingerprint density at radius 2 is 1.60 bits per heavy atom. The van der Waals surface area contributed by atoms with Crippen LogP contribution in [0.5, 0.6) is 28.7 Å². The molecule has 320 valence electrons. The van der Waals surface area contributed by atoms with Gasteiger partial charge in [0.1, 0.15) is 36.5 Å². The standard InChI is InChI=1S/C46H42Cl2N4O7.CH2O2/c1-26-27(2)49-18-16-40(26)58-36-10-5-30(6-11-36)15-17-50-45(53)39-20-33-21-41-42(22-34(33)23-52(39)46(54)44-28(3)51-29(4)57-44)59-43(25-56-41)32-8-12-35(13-9-32)55-24-31-7-14-37(47)38(48)19-31;2-1-3/h5-14,16,18-19,21-22,39,43H,15,17,20,23-25H2,1-4H3,(H,50,53);1H,(H,2,3). The van der Waals surface area contributed by atoms with E-state index in [1.54, 1.807) is 37.1 Å². The maximum atomic E-state index is 14.1. The average Bonchev–Trinajstić information content (AvgIpc) is 3.62. The number of benzene rings is 4. The van der Waals surface area contributed by atoms with Gasteiger partial charge in [0.15, 0.2) is 23.5 Å². The van der Waals surface area contributed by atoms with E-state index < -0.39 is 11.9 Å². The van der Waals surface area contributed by atoms with Gasteiger partial charge >= 0.3 is 0 Å². The zero-order valence-electron chi connectivity index (χ0n) is 34.4. The third-order valence-corrected chi connectivity index (χ3v) is 11.4. The Morgan fingerprint density at radius 3 is 2.31 bits per heavy atom. The number of amides is 2. The van der Waals surface area contributed by atoms with Crippen molar-refractivity contribution in [2.75, 3.05) is 13.2 Å². The van der Waals surface area contributed by atoms with Crippen molar-refractivity contribution in [3.8, 4) is 28.7 Å². The van der Waals surface area contributed by atoms with Gasteiger partial charge in [0, 0.05) is 43.9 Å². The number of carboxylic acid groups (broad SMARTS) is 1. The molecule has 0 spiro atoms. The molecule has 2 aromatic heterocycles. The first-order chi connectivity index (χ1) is 29.9. The number of halogens is 2. The summed E-state index contributed by atoms with van der Waals surface area (Å²) in [6, 6.07) is 25.7. The van der Waals surface area contributed by atoms with E-state index >= 15 is 0 Å². The molecule has 2 aliphatic rings. The number of fused-ring (bicyclic) bond motifs is 2. The Hall–Kier alpha value is -6.57. The summed E-state index contributed by atoms with van der Waals surface area (Å²) in [5.41, 5.74) is 6.98. The molecule has 4 heterocycles. The minimum absolute atomic E-state index is 0.116. The van der Waals surface area contributed by atoms with Crippen LogP contribution >= 0.6 is 23.2 Å². The van der Waals surface area contributed by atoms with Crippen LogP contribution in [0.3, 0.4) is 0 Å². The van der Waals surface area contributed by atoms with E-state index in [0.29, 0.717) is 70.8 Å². The van der Waals surface area contributed by atoms with Crippen LogP contribution in [-0.2, 0) is 35.6 Å². The Balaban J connectivity index is 0.00000187. The summed E-state index contributed by atoms with van der Waals surface area (Å²) in [5, 5.41) is 10.9. The zero-order valence-corrected chi connectivity index (χ0v) is 36.0. The van der Waals surface area contributed by atoms with Gasteiger partial charge in [-0.25, -0.2) is 4.98 Å². The highest BCUT2D eigenvalue weighted by Crippen LogP contribution is 2.41. The lowest BCUT2D eigenvalue weighted by Gasteiger charge is -2.37. The number of rotatable bonds is 11. The minimum Gasteiger partial charge on any atom is -0.489 e. The van der Waals surface area contributed by atoms with Crippen molar-refractivity contribution in [1.82, 2.24) is 20.2 Å². The van der Waals surface area contributed by atoms with Crippen molar-refractivity contribution >= 4 is 41.5 Å². The highest BCUT2D eigenvalue weighted by molar-refractivity contribution is 6.42. The molecule has 0 radical (unpaired) electrons. The summed E-state index contributed by atoms with van der Waals surface area (Å²) in [7, 11) is 0. The number of oxazole rings is 1. The lowest BCUT2D eigenvalue weighted by molar-refractivity contribution is -0.126. The summed E-state index contributed by atoms with van der Waals surface area (Å²) in [6.07, 6.45) is 2.23. The second-order valence-corrected chi connectivity index (χ2v) is 15.6. The molecule has 2 aliphatic heterocycles. The van der Waals surface area contributed by atoms with Crippen LogP contribution in [0.1, 0.15) is 67.3 Å². The molecule has 2 atom stereocenters. The highest BCUT2D eigenvalue weighted by Gasteiger charge is 2.38. The SMILES string of the molecule is Cc1nc(C)c(C(=O)N2Cc3cc4c(cc3CC2C(=O)NCCc2ccc(Oc3ccnc(C)c3C)cc2)OCC(c2ccc(OCc3ccc(Cl)c(Cl)c3)cc2)O4)o1.O=CO. The van der Waals surface area contributed by atoms with Crippen LogP contribution in [-0.4, -0.2) is 57.5 Å². The number of hydrogen-bond donors (Lipinski definition) is 2. The lowest BCUT2D eigenvalue weighted by Crippen LogP contribution is -2.53. The van der Waals surface area contributed by atoms with Gasteiger partial charge in [-0.2, -0.15) is 0 Å². The first kappa shape index (κ1) is 43.5. The Kier molecular flexibility index (Phi) is 13.6. The largest absolute Gasteiger partial charge is 0.489 e. The summed E-state index contributed by atoms with van der Waals surface area (Å²) in [6.45, 7) is 8.27. The summed E-state index contributed by atoms with van der Waals surface area (Å²) in [5.74, 6) is 3.14. The molecule has 13 nitrogen and oxygen atoms in total. The fourth-order valence-electron chi connectivity index (χ4n) is 7.22. The molecular weight excluding hydrogens is 835 g/mol.